The highest BCUT2D eigenvalue weighted by molar-refractivity contribution is 6.30. The van der Waals surface area contributed by atoms with E-state index in [4.69, 9.17) is 16.3 Å². The maximum atomic E-state index is 14.2. The van der Waals surface area contributed by atoms with Crippen LogP contribution in [0.1, 0.15) is 17.5 Å². The zero-order chi connectivity index (χ0) is 17.1. The molecule has 3 rings (SSSR count). The molecule has 1 aromatic heterocycles. The standard InChI is InChI=1S/C17H13ClFN3O2/c1-2-24-17(23)15-20-16(13-8-3-4-9-14(13)19)22(21-15)12-7-5-6-11(18)10-12/h3-10H,2H2,1H3. The third kappa shape index (κ3) is 3.14. The molecule has 0 saturated heterocycles. The van der Waals surface area contributed by atoms with Crippen LogP contribution in [0.5, 0.6) is 0 Å². The van der Waals surface area contributed by atoms with Gasteiger partial charge in [-0.3, -0.25) is 0 Å². The highest BCUT2D eigenvalue weighted by Gasteiger charge is 2.21. The first-order valence-corrected chi connectivity index (χ1v) is 7.63. The summed E-state index contributed by atoms with van der Waals surface area (Å²) in [5.41, 5.74) is 0.782. The summed E-state index contributed by atoms with van der Waals surface area (Å²) in [6.07, 6.45) is 0. The largest absolute Gasteiger partial charge is 0.460 e. The van der Waals surface area contributed by atoms with E-state index < -0.39 is 11.8 Å². The molecular formula is C17H13ClFN3O2. The van der Waals surface area contributed by atoms with Crippen molar-refractivity contribution in [2.75, 3.05) is 6.61 Å². The molecule has 0 atom stereocenters. The van der Waals surface area contributed by atoms with Gasteiger partial charge in [0.25, 0.3) is 5.82 Å². The van der Waals surface area contributed by atoms with Crippen LogP contribution in [0, 0.1) is 5.82 Å². The van der Waals surface area contributed by atoms with E-state index in [1.807, 2.05) is 0 Å². The van der Waals surface area contributed by atoms with Gasteiger partial charge in [-0.25, -0.2) is 18.9 Å². The zero-order valence-electron chi connectivity index (χ0n) is 12.7. The minimum atomic E-state index is -0.670. The number of carbonyl (C=O) groups excluding carboxylic acids is 1. The number of rotatable bonds is 4. The van der Waals surface area contributed by atoms with Gasteiger partial charge in [0.05, 0.1) is 17.9 Å². The third-order valence-electron chi connectivity index (χ3n) is 3.23. The van der Waals surface area contributed by atoms with E-state index in [1.165, 1.54) is 10.7 Å². The number of hydrogen-bond acceptors (Lipinski definition) is 4. The van der Waals surface area contributed by atoms with E-state index in [0.29, 0.717) is 10.7 Å². The molecule has 2 aromatic carbocycles. The zero-order valence-corrected chi connectivity index (χ0v) is 13.5. The van der Waals surface area contributed by atoms with Crippen molar-refractivity contribution in [1.82, 2.24) is 14.8 Å². The quantitative estimate of drug-likeness (QED) is 0.673. The molecule has 0 unspecified atom stereocenters. The Morgan fingerprint density at radius 1 is 1.25 bits per heavy atom. The summed E-state index contributed by atoms with van der Waals surface area (Å²) in [5.74, 6) is -1.09. The van der Waals surface area contributed by atoms with Gasteiger partial charge in [-0.05, 0) is 37.3 Å². The van der Waals surface area contributed by atoms with Crippen LogP contribution in [0.2, 0.25) is 5.02 Å². The second-order valence-corrected chi connectivity index (χ2v) is 5.29. The van der Waals surface area contributed by atoms with E-state index in [-0.39, 0.29) is 23.8 Å². The molecule has 0 bridgehead atoms. The number of aromatic nitrogens is 3. The monoisotopic (exact) mass is 345 g/mol. The smallest absolute Gasteiger partial charge is 0.378 e. The molecule has 0 spiro atoms. The highest BCUT2D eigenvalue weighted by Crippen LogP contribution is 2.25. The van der Waals surface area contributed by atoms with Crippen molar-refractivity contribution in [3.8, 4) is 17.1 Å². The van der Waals surface area contributed by atoms with Crippen LogP contribution >= 0.6 is 11.6 Å². The lowest BCUT2D eigenvalue weighted by Gasteiger charge is -2.06. The molecule has 5 nitrogen and oxygen atoms in total. The van der Waals surface area contributed by atoms with Crippen molar-refractivity contribution in [2.45, 2.75) is 6.92 Å². The SMILES string of the molecule is CCOC(=O)c1nc(-c2ccccc2F)n(-c2cccc(Cl)c2)n1. The Hall–Kier alpha value is -2.73. The molecule has 24 heavy (non-hydrogen) atoms. The van der Waals surface area contributed by atoms with E-state index in [2.05, 4.69) is 10.1 Å². The Balaban J connectivity index is 2.19. The number of hydrogen-bond donors (Lipinski definition) is 0. The van der Waals surface area contributed by atoms with Crippen LogP contribution < -0.4 is 0 Å². The van der Waals surface area contributed by atoms with E-state index >= 15 is 0 Å². The molecule has 7 heteroatoms. The summed E-state index contributed by atoms with van der Waals surface area (Å²) in [7, 11) is 0. The van der Waals surface area contributed by atoms with Crippen LogP contribution in [0.25, 0.3) is 17.1 Å². The first-order valence-electron chi connectivity index (χ1n) is 7.25. The Morgan fingerprint density at radius 3 is 2.75 bits per heavy atom. The van der Waals surface area contributed by atoms with Crippen LogP contribution in [0.3, 0.4) is 0 Å². The normalized spacial score (nSPS) is 10.6. The van der Waals surface area contributed by atoms with Gasteiger partial charge in [-0.15, -0.1) is 5.10 Å². The average molecular weight is 346 g/mol. The Morgan fingerprint density at radius 2 is 2.04 bits per heavy atom. The van der Waals surface area contributed by atoms with Gasteiger partial charge >= 0.3 is 5.97 Å². The minimum absolute atomic E-state index is 0.143. The van der Waals surface area contributed by atoms with Crippen molar-refractivity contribution in [3.63, 3.8) is 0 Å². The van der Waals surface area contributed by atoms with Crippen molar-refractivity contribution in [3.05, 3.63) is 65.2 Å². The molecule has 122 valence electrons. The predicted octanol–water partition coefficient (Wildman–Crippen LogP) is 3.90. The van der Waals surface area contributed by atoms with Gasteiger partial charge in [0.1, 0.15) is 5.82 Å². The Labute approximate surface area is 142 Å². The van der Waals surface area contributed by atoms with Gasteiger partial charge in [-0.2, -0.15) is 0 Å². The lowest BCUT2D eigenvalue weighted by Crippen LogP contribution is -2.07. The van der Waals surface area contributed by atoms with Gasteiger partial charge < -0.3 is 4.74 Å². The Kier molecular flexibility index (Phi) is 4.57. The lowest BCUT2D eigenvalue weighted by atomic mass is 10.2. The highest BCUT2D eigenvalue weighted by atomic mass is 35.5. The number of nitrogens with zero attached hydrogens (tertiary/aromatic N) is 3. The van der Waals surface area contributed by atoms with E-state index in [9.17, 15) is 9.18 Å². The van der Waals surface area contributed by atoms with E-state index in [1.54, 1.807) is 49.4 Å². The predicted molar refractivity (Wildman–Crippen MR) is 87.7 cm³/mol. The summed E-state index contributed by atoms with van der Waals surface area (Å²) >= 11 is 6.02. The second-order valence-electron chi connectivity index (χ2n) is 4.85. The molecule has 0 aliphatic carbocycles. The summed E-state index contributed by atoms with van der Waals surface area (Å²) in [5, 5.41) is 4.65. The molecule has 1 heterocycles. The summed E-state index contributed by atoms with van der Waals surface area (Å²) in [6, 6.07) is 13.0. The second kappa shape index (κ2) is 6.80. The van der Waals surface area contributed by atoms with Crippen LogP contribution in [0.4, 0.5) is 4.39 Å². The van der Waals surface area contributed by atoms with Crippen LogP contribution in [-0.4, -0.2) is 27.3 Å². The topological polar surface area (TPSA) is 57.0 Å². The van der Waals surface area contributed by atoms with Gasteiger partial charge in [0.2, 0.25) is 0 Å². The molecule has 0 fully saturated rings. The van der Waals surface area contributed by atoms with Gasteiger partial charge in [0.15, 0.2) is 5.82 Å². The Bertz CT molecular complexity index is 895. The first-order chi connectivity index (χ1) is 11.6. The molecule has 0 amide bonds. The van der Waals surface area contributed by atoms with Gasteiger partial charge in [-0.1, -0.05) is 29.8 Å². The number of carbonyl (C=O) groups is 1. The van der Waals surface area contributed by atoms with Crippen molar-refractivity contribution < 1.29 is 13.9 Å². The fraction of sp³-hybridized carbons (Fsp3) is 0.118. The molecule has 0 saturated carbocycles. The van der Waals surface area contributed by atoms with Crippen molar-refractivity contribution >= 4 is 17.6 Å². The molecule has 3 aromatic rings. The maximum Gasteiger partial charge on any atom is 0.378 e. The van der Waals surface area contributed by atoms with Gasteiger partial charge in [0, 0.05) is 5.02 Å². The van der Waals surface area contributed by atoms with Crippen LogP contribution in [0.15, 0.2) is 48.5 Å². The third-order valence-corrected chi connectivity index (χ3v) is 3.47. The van der Waals surface area contributed by atoms with Crippen LogP contribution in [-0.2, 0) is 4.74 Å². The van der Waals surface area contributed by atoms with Crippen molar-refractivity contribution in [1.29, 1.82) is 0 Å². The fourth-order valence-corrected chi connectivity index (χ4v) is 2.38. The minimum Gasteiger partial charge on any atom is -0.460 e. The molecule has 0 aliphatic rings. The van der Waals surface area contributed by atoms with E-state index in [0.717, 1.165) is 0 Å². The molecule has 0 N–H and O–H groups in total. The maximum absolute atomic E-state index is 14.2. The fourth-order valence-electron chi connectivity index (χ4n) is 2.20. The number of benzene rings is 2. The summed E-state index contributed by atoms with van der Waals surface area (Å²) in [4.78, 5) is 16.1. The first kappa shape index (κ1) is 16.1. The number of halogens is 2. The molecule has 0 radical (unpaired) electrons. The molecule has 0 aliphatic heterocycles. The lowest BCUT2D eigenvalue weighted by molar-refractivity contribution is 0.0512. The van der Waals surface area contributed by atoms with Crippen molar-refractivity contribution in [2.24, 2.45) is 0 Å². The number of ether oxygens (including phenoxy) is 1. The summed E-state index contributed by atoms with van der Waals surface area (Å²) < 4.78 is 20.5. The number of esters is 1. The molecular weight excluding hydrogens is 333 g/mol. The average Bonchev–Trinajstić information content (AvgIpc) is 3.01. The summed E-state index contributed by atoms with van der Waals surface area (Å²) in [6.45, 7) is 1.88.